The van der Waals surface area contributed by atoms with E-state index in [9.17, 15) is 18.5 Å². The molecule has 244 valence electrons. The fraction of sp³-hybridized carbons (Fsp3) is 0.382. The van der Waals surface area contributed by atoms with Crippen molar-refractivity contribution in [2.24, 2.45) is 7.05 Å². The van der Waals surface area contributed by atoms with Crippen LogP contribution in [-0.2, 0) is 23.4 Å². The third kappa shape index (κ3) is 7.89. The Morgan fingerprint density at radius 2 is 1.77 bits per heavy atom. The molecule has 4 aromatic rings. The molecule has 2 aromatic heterocycles. The van der Waals surface area contributed by atoms with E-state index in [0.29, 0.717) is 43.4 Å². The lowest BCUT2D eigenvalue weighted by molar-refractivity contribution is 0.240. The molecule has 1 saturated heterocycles. The van der Waals surface area contributed by atoms with Gasteiger partial charge in [0.15, 0.2) is 15.7 Å². The van der Waals surface area contributed by atoms with Crippen molar-refractivity contribution >= 4 is 33.3 Å². The summed E-state index contributed by atoms with van der Waals surface area (Å²) in [5.74, 6) is 1.06. The molecule has 0 atom stereocenters. The monoisotopic (exact) mass is 653 g/mol. The van der Waals surface area contributed by atoms with Crippen molar-refractivity contribution in [3.63, 3.8) is 0 Å². The maximum atomic E-state index is 13.8. The first-order valence-corrected chi connectivity index (χ1v) is 17.8. The molecule has 0 unspecified atom stereocenters. The highest BCUT2D eigenvalue weighted by atomic mass is 32.2. The second kappa shape index (κ2) is 14.2. The number of sulfone groups is 1. The van der Waals surface area contributed by atoms with Gasteiger partial charge in [0.25, 0.3) is 0 Å². The molecule has 2 N–H and O–H groups in total. The van der Waals surface area contributed by atoms with E-state index < -0.39 is 9.84 Å². The predicted octanol–water partition coefficient (Wildman–Crippen LogP) is 4.51. The molecule has 0 bridgehead atoms. The smallest absolute Gasteiger partial charge is 0.322 e. The van der Waals surface area contributed by atoms with Crippen LogP contribution in [0.4, 0.5) is 22.2 Å². The van der Waals surface area contributed by atoms with Gasteiger partial charge < -0.3 is 15.5 Å². The van der Waals surface area contributed by atoms with Gasteiger partial charge in [-0.25, -0.2) is 18.2 Å². The number of nitrogens with one attached hydrogen (secondary N) is 2. The Labute approximate surface area is 275 Å². The van der Waals surface area contributed by atoms with Gasteiger partial charge in [-0.15, -0.1) is 0 Å². The number of hydrogen-bond donors (Lipinski definition) is 2. The summed E-state index contributed by atoms with van der Waals surface area (Å²) in [4.78, 5) is 26.6. The van der Waals surface area contributed by atoms with Crippen molar-refractivity contribution in [3.05, 3.63) is 84.3 Å². The Balaban J connectivity index is 1.15. The van der Waals surface area contributed by atoms with E-state index in [0.717, 1.165) is 48.1 Å². The molecular weight excluding hydrogens is 615 g/mol. The number of rotatable bonds is 8. The summed E-state index contributed by atoms with van der Waals surface area (Å²) in [5.41, 5.74) is 4.23. The molecule has 2 aliphatic rings. The average Bonchev–Trinajstić information content (AvgIpc) is 3.44. The molecule has 47 heavy (non-hydrogen) atoms. The highest BCUT2D eigenvalue weighted by Crippen LogP contribution is 2.31. The van der Waals surface area contributed by atoms with Gasteiger partial charge >= 0.3 is 6.03 Å². The van der Waals surface area contributed by atoms with Gasteiger partial charge in [-0.1, -0.05) is 42.5 Å². The third-order valence-electron chi connectivity index (χ3n) is 8.83. The van der Waals surface area contributed by atoms with E-state index in [1.54, 1.807) is 4.68 Å². The number of aryl methyl sites for hydroxylation is 1. The molecule has 13 heteroatoms. The van der Waals surface area contributed by atoms with E-state index in [4.69, 9.17) is 0 Å². The zero-order chi connectivity index (χ0) is 32.8. The summed E-state index contributed by atoms with van der Waals surface area (Å²) in [5, 5.41) is 20.5. The van der Waals surface area contributed by atoms with Crippen molar-refractivity contribution in [1.29, 1.82) is 5.26 Å². The lowest BCUT2D eigenvalue weighted by atomic mass is 9.90. The molecule has 12 nitrogen and oxygen atoms in total. The van der Waals surface area contributed by atoms with E-state index in [-0.39, 0.29) is 29.6 Å². The van der Waals surface area contributed by atoms with E-state index in [1.807, 2.05) is 83.8 Å². The molecule has 1 aliphatic carbocycles. The number of nitrogens with zero attached hydrogens (tertiary/aromatic N) is 7. The van der Waals surface area contributed by atoms with Crippen LogP contribution in [0.2, 0.25) is 0 Å². The van der Waals surface area contributed by atoms with Gasteiger partial charge in [0.2, 0.25) is 5.95 Å². The molecule has 0 radical (unpaired) electrons. The minimum absolute atomic E-state index is 0.00967. The molecule has 0 spiro atoms. The minimum atomic E-state index is -3.10. The fourth-order valence-electron chi connectivity index (χ4n) is 6.31. The molecule has 2 fully saturated rings. The minimum Gasteiger partial charge on any atom is -0.354 e. The van der Waals surface area contributed by atoms with Crippen LogP contribution in [0.3, 0.4) is 0 Å². The highest BCUT2D eigenvalue weighted by molar-refractivity contribution is 7.91. The van der Waals surface area contributed by atoms with Gasteiger partial charge in [-0.2, -0.15) is 15.3 Å². The number of carbonyl (C=O) groups is 1. The number of amides is 2. The van der Waals surface area contributed by atoms with Crippen molar-refractivity contribution in [1.82, 2.24) is 25.1 Å². The average molecular weight is 654 g/mol. The molecule has 2 amide bonds. The molecular formula is C34H39N9O3S. The summed E-state index contributed by atoms with van der Waals surface area (Å²) >= 11 is 0. The Hall–Kier alpha value is -4.96. The van der Waals surface area contributed by atoms with Gasteiger partial charge in [0.05, 0.1) is 23.9 Å². The van der Waals surface area contributed by atoms with E-state index >= 15 is 0 Å². The maximum Gasteiger partial charge on any atom is 0.322 e. The Kier molecular flexibility index (Phi) is 9.68. The maximum absolute atomic E-state index is 13.8. The zero-order valence-corrected chi connectivity index (χ0v) is 27.2. The standard InChI is InChI=1S/C34H39N9O3S/c1-41-24-28(23-38-41)26-8-12-30(13-9-26)43(34(44)37-21-25-6-3-2-4-7-25)31-14-10-29(11-15-31)39-33-36-22-27(20-35)32(40-33)42-16-5-18-47(45,46)19-17-42/h2-4,6-9,12-13,22-24,29,31H,5,10-11,14-19,21H2,1H3,(H,37,44)(H,36,39,40)/t29-,31-. The highest BCUT2D eigenvalue weighted by Gasteiger charge is 2.31. The molecule has 1 saturated carbocycles. The zero-order valence-electron chi connectivity index (χ0n) is 26.4. The van der Waals surface area contributed by atoms with Crippen LogP contribution in [0.1, 0.15) is 43.2 Å². The lowest BCUT2D eigenvalue weighted by Gasteiger charge is -2.37. The summed E-state index contributed by atoms with van der Waals surface area (Å²) in [6.45, 7) is 1.24. The molecule has 1 aliphatic heterocycles. The lowest BCUT2D eigenvalue weighted by Crippen LogP contribution is -2.48. The number of anilines is 3. The predicted molar refractivity (Wildman–Crippen MR) is 182 cm³/mol. The number of carbonyl (C=O) groups excluding carboxylic acids is 1. The van der Waals surface area contributed by atoms with Gasteiger partial charge in [-0.05, 0) is 55.4 Å². The number of hydrogen-bond acceptors (Lipinski definition) is 9. The number of aromatic nitrogens is 4. The van der Waals surface area contributed by atoms with Crippen molar-refractivity contribution in [3.8, 4) is 17.2 Å². The first-order chi connectivity index (χ1) is 22.8. The van der Waals surface area contributed by atoms with E-state index in [2.05, 4.69) is 31.8 Å². The molecule has 3 heterocycles. The number of nitriles is 1. The van der Waals surface area contributed by atoms with Crippen molar-refractivity contribution in [2.75, 3.05) is 39.7 Å². The van der Waals surface area contributed by atoms with E-state index in [1.165, 1.54) is 6.20 Å². The number of benzene rings is 2. The first kappa shape index (κ1) is 32.0. The van der Waals surface area contributed by atoms with Crippen molar-refractivity contribution < 1.29 is 13.2 Å². The van der Waals surface area contributed by atoms with Crippen LogP contribution in [0.25, 0.3) is 11.1 Å². The first-order valence-electron chi connectivity index (χ1n) is 16.0. The summed E-state index contributed by atoms with van der Waals surface area (Å²) < 4.78 is 26.1. The van der Waals surface area contributed by atoms with Gasteiger partial charge in [0.1, 0.15) is 11.6 Å². The van der Waals surface area contributed by atoms with Crippen molar-refractivity contribution in [2.45, 2.75) is 50.7 Å². The summed E-state index contributed by atoms with van der Waals surface area (Å²) in [7, 11) is -1.22. The van der Waals surface area contributed by atoms with Crippen LogP contribution in [-0.4, -0.2) is 70.9 Å². The number of urea groups is 1. The van der Waals surface area contributed by atoms with Crippen LogP contribution in [0, 0.1) is 11.3 Å². The molecule has 2 aromatic carbocycles. The van der Waals surface area contributed by atoms with Crippen LogP contribution < -0.4 is 20.4 Å². The van der Waals surface area contributed by atoms with Gasteiger partial charge in [-0.3, -0.25) is 9.58 Å². The SMILES string of the molecule is Cn1cc(-c2ccc(N(C(=O)NCc3ccccc3)[C@H]3CC[C@H](Nc4ncc(C#N)c(N5CCCS(=O)(=O)CC5)n4)CC3)cc2)cn1. The Bertz CT molecular complexity index is 1830. The summed E-state index contributed by atoms with van der Waals surface area (Å²) in [6, 6.07) is 20.0. The Morgan fingerprint density at radius 3 is 2.47 bits per heavy atom. The third-order valence-corrected chi connectivity index (χ3v) is 10.5. The van der Waals surface area contributed by atoms with Crippen LogP contribution in [0.5, 0.6) is 0 Å². The van der Waals surface area contributed by atoms with Gasteiger partial charge in [0, 0.05) is 56.2 Å². The fourth-order valence-corrected chi connectivity index (χ4v) is 7.58. The summed E-state index contributed by atoms with van der Waals surface area (Å²) in [6.07, 6.45) is 8.92. The quantitative estimate of drug-likeness (QED) is 0.280. The normalized spacial score (nSPS) is 19.3. The Morgan fingerprint density at radius 1 is 1.00 bits per heavy atom. The second-order valence-corrected chi connectivity index (χ2v) is 14.5. The van der Waals surface area contributed by atoms with Crippen LogP contribution >= 0.6 is 0 Å². The molecule has 6 rings (SSSR count). The largest absolute Gasteiger partial charge is 0.354 e. The second-order valence-electron chi connectivity index (χ2n) is 12.1. The topological polar surface area (TPSA) is 149 Å². The van der Waals surface area contributed by atoms with Crippen LogP contribution in [0.15, 0.2) is 73.2 Å².